The summed E-state index contributed by atoms with van der Waals surface area (Å²) in [7, 11) is 1.30. The number of carbonyl (C=O) groups is 2. The molecule has 0 spiro atoms. The number of rotatable bonds is 4. The molecule has 1 heterocycles. The van der Waals surface area contributed by atoms with Gasteiger partial charge in [0.05, 0.1) is 12.8 Å². The van der Waals surface area contributed by atoms with Gasteiger partial charge in [0, 0.05) is 0 Å². The van der Waals surface area contributed by atoms with Crippen molar-refractivity contribution in [2.75, 3.05) is 12.4 Å². The monoisotopic (exact) mass is 304 g/mol. The molecule has 3 N–H and O–H groups in total. The first-order valence-electron chi connectivity index (χ1n) is 6.31. The molecular formula is C15H16N2O3S. The minimum atomic E-state index is -0.795. The Morgan fingerprint density at radius 3 is 2.52 bits per heavy atom. The topological polar surface area (TPSA) is 81.4 Å². The van der Waals surface area contributed by atoms with Gasteiger partial charge < -0.3 is 15.8 Å². The van der Waals surface area contributed by atoms with Crippen molar-refractivity contribution >= 4 is 28.9 Å². The molecule has 2 aromatic rings. The third-order valence-electron chi connectivity index (χ3n) is 3.01. The summed E-state index contributed by atoms with van der Waals surface area (Å²) < 4.78 is 4.66. The van der Waals surface area contributed by atoms with E-state index < -0.39 is 12.0 Å². The van der Waals surface area contributed by atoms with Crippen molar-refractivity contribution in [1.29, 1.82) is 0 Å². The molecule has 1 unspecified atom stereocenters. The van der Waals surface area contributed by atoms with Crippen LogP contribution in [0.25, 0.3) is 0 Å². The number of nitrogens with two attached hydrogens (primary N) is 1. The predicted molar refractivity (Wildman–Crippen MR) is 82.4 cm³/mol. The first kappa shape index (κ1) is 15.2. The number of thiophene rings is 1. The fraction of sp³-hybridized carbons (Fsp3) is 0.200. The highest BCUT2D eigenvalue weighted by Crippen LogP contribution is 2.24. The predicted octanol–water partition coefficient (Wildman–Crippen LogP) is 2.48. The molecule has 1 amide bonds. The number of hydrogen-bond donors (Lipinski definition) is 2. The molecule has 0 bridgehead atoms. The van der Waals surface area contributed by atoms with Crippen molar-refractivity contribution in [2.24, 2.45) is 5.73 Å². The summed E-state index contributed by atoms with van der Waals surface area (Å²) in [6.07, 6.45) is 0. The van der Waals surface area contributed by atoms with Gasteiger partial charge in [-0.3, -0.25) is 4.79 Å². The Bertz CT molecular complexity index is 649. The summed E-state index contributed by atoms with van der Waals surface area (Å²) in [5.41, 5.74) is 8.17. The van der Waals surface area contributed by atoms with E-state index in [9.17, 15) is 9.59 Å². The zero-order valence-electron chi connectivity index (χ0n) is 11.8. The SMILES string of the molecule is COC(=O)c1sccc1NC(=O)C(N)c1ccc(C)cc1. The maximum Gasteiger partial charge on any atom is 0.350 e. The summed E-state index contributed by atoms with van der Waals surface area (Å²) in [6.45, 7) is 1.96. The number of methoxy groups -OCH3 is 1. The molecule has 21 heavy (non-hydrogen) atoms. The van der Waals surface area contributed by atoms with Gasteiger partial charge >= 0.3 is 5.97 Å². The maximum absolute atomic E-state index is 12.2. The number of esters is 1. The molecule has 0 aliphatic heterocycles. The molecular weight excluding hydrogens is 288 g/mol. The quantitative estimate of drug-likeness (QED) is 0.850. The number of benzene rings is 1. The highest BCUT2D eigenvalue weighted by molar-refractivity contribution is 7.12. The Hall–Kier alpha value is -2.18. The third-order valence-corrected chi connectivity index (χ3v) is 3.91. The van der Waals surface area contributed by atoms with E-state index in [1.165, 1.54) is 18.4 Å². The van der Waals surface area contributed by atoms with Crippen LogP contribution in [0.1, 0.15) is 26.8 Å². The minimum Gasteiger partial charge on any atom is -0.465 e. The number of carbonyl (C=O) groups excluding carboxylic acids is 2. The van der Waals surface area contributed by atoms with E-state index in [1.807, 2.05) is 31.2 Å². The zero-order chi connectivity index (χ0) is 15.4. The molecule has 1 atom stereocenters. The molecule has 5 nitrogen and oxygen atoms in total. The average Bonchev–Trinajstić information content (AvgIpc) is 2.94. The van der Waals surface area contributed by atoms with Gasteiger partial charge in [-0.2, -0.15) is 0 Å². The maximum atomic E-state index is 12.2. The third kappa shape index (κ3) is 3.48. The lowest BCUT2D eigenvalue weighted by atomic mass is 10.1. The van der Waals surface area contributed by atoms with Crippen molar-refractivity contribution in [3.63, 3.8) is 0 Å². The van der Waals surface area contributed by atoms with E-state index in [-0.39, 0.29) is 5.91 Å². The molecule has 0 saturated carbocycles. The standard InChI is InChI=1S/C15H16N2O3S/c1-9-3-5-10(6-4-9)12(16)14(18)17-11-7-8-21-13(11)15(19)20-2/h3-8,12H,16H2,1-2H3,(H,17,18). The van der Waals surface area contributed by atoms with E-state index in [0.29, 0.717) is 16.1 Å². The second-order valence-electron chi connectivity index (χ2n) is 4.53. The van der Waals surface area contributed by atoms with Crippen LogP contribution in [0.5, 0.6) is 0 Å². The van der Waals surface area contributed by atoms with Crippen LogP contribution in [-0.2, 0) is 9.53 Å². The van der Waals surface area contributed by atoms with Gasteiger partial charge in [-0.25, -0.2) is 4.79 Å². The molecule has 1 aromatic carbocycles. The Morgan fingerprint density at radius 2 is 1.90 bits per heavy atom. The molecule has 0 saturated heterocycles. The van der Waals surface area contributed by atoms with Crippen LogP contribution < -0.4 is 11.1 Å². The van der Waals surface area contributed by atoms with Crippen LogP contribution in [0.15, 0.2) is 35.7 Å². The van der Waals surface area contributed by atoms with E-state index in [1.54, 1.807) is 11.4 Å². The van der Waals surface area contributed by atoms with E-state index in [0.717, 1.165) is 5.56 Å². The highest BCUT2D eigenvalue weighted by Gasteiger charge is 2.20. The summed E-state index contributed by atoms with van der Waals surface area (Å²) in [4.78, 5) is 24.1. The number of ether oxygens (including phenoxy) is 1. The molecule has 0 aliphatic rings. The molecule has 1 aromatic heterocycles. The van der Waals surface area contributed by atoms with E-state index >= 15 is 0 Å². The fourth-order valence-electron chi connectivity index (χ4n) is 1.79. The minimum absolute atomic E-state index is 0.349. The Balaban J connectivity index is 2.13. The average molecular weight is 304 g/mol. The number of amides is 1. The molecule has 0 aliphatic carbocycles. The van der Waals surface area contributed by atoms with Gasteiger partial charge in [0.15, 0.2) is 0 Å². The van der Waals surface area contributed by atoms with Crippen LogP contribution in [-0.4, -0.2) is 19.0 Å². The van der Waals surface area contributed by atoms with E-state index in [2.05, 4.69) is 10.1 Å². The first-order valence-corrected chi connectivity index (χ1v) is 7.19. The van der Waals surface area contributed by atoms with Gasteiger partial charge in [-0.15, -0.1) is 11.3 Å². The second-order valence-corrected chi connectivity index (χ2v) is 5.45. The van der Waals surface area contributed by atoms with Crippen LogP contribution >= 0.6 is 11.3 Å². The number of anilines is 1. The van der Waals surface area contributed by atoms with Crippen LogP contribution in [0.4, 0.5) is 5.69 Å². The smallest absolute Gasteiger partial charge is 0.350 e. The summed E-state index contributed by atoms with van der Waals surface area (Å²) in [5, 5.41) is 4.37. The molecule has 0 radical (unpaired) electrons. The molecule has 110 valence electrons. The molecule has 2 rings (SSSR count). The van der Waals surface area contributed by atoms with Crippen LogP contribution in [0.2, 0.25) is 0 Å². The number of nitrogens with one attached hydrogen (secondary N) is 1. The number of hydrogen-bond acceptors (Lipinski definition) is 5. The van der Waals surface area contributed by atoms with E-state index in [4.69, 9.17) is 5.73 Å². The van der Waals surface area contributed by atoms with Gasteiger partial charge in [-0.1, -0.05) is 29.8 Å². The molecule has 0 fully saturated rings. The second kappa shape index (κ2) is 6.51. The Kier molecular flexibility index (Phi) is 4.72. The van der Waals surface area contributed by atoms with Gasteiger partial charge in [-0.05, 0) is 23.9 Å². The summed E-state index contributed by atoms with van der Waals surface area (Å²) >= 11 is 1.20. The van der Waals surface area contributed by atoms with Crippen molar-refractivity contribution in [3.05, 3.63) is 51.7 Å². The lowest BCUT2D eigenvalue weighted by molar-refractivity contribution is -0.117. The lowest BCUT2D eigenvalue weighted by Crippen LogP contribution is -2.28. The Morgan fingerprint density at radius 1 is 1.24 bits per heavy atom. The number of aryl methyl sites for hydroxylation is 1. The normalized spacial score (nSPS) is 11.8. The van der Waals surface area contributed by atoms with Crippen molar-refractivity contribution < 1.29 is 14.3 Å². The first-order chi connectivity index (χ1) is 10.0. The largest absolute Gasteiger partial charge is 0.465 e. The van der Waals surface area contributed by atoms with Crippen LogP contribution in [0, 0.1) is 6.92 Å². The Labute approximate surface area is 126 Å². The van der Waals surface area contributed by atoms with Crippen molar-refractivity contribution in [1.82, 2.24) is 0 Å². The summed E-state index contributed by atoms with van der Waals surface area (Å²) in [5.74, 6) is -0.855. The van der Waals surface area contributed by atoms with Gasteiger partial charge in [0.25, 0.3) is 0 Å². The van der Waals surface area contributed by atoms with Gasteiger partial charge in [0.2, 0.25) is 5.91 Å². The van der Waals surface area contributed by atoms with Crippen molar-refractivity contribution in [2.45, 2.75) is 13.0 Å². The molecule has 6 heteroatoms. The summed E-state index contributed by atoms with van der Waals surface area (Å²) in [6, 6.07) is 8.27. The highest BCUT2D eigenvalue weighted by atomic mass is 32.1. The zero-order valence-corrected chi connectivity index (χ0v) is 12.6. The van der Waals surface area contributed by atoms with Crippen LogP contribution in [0.3, 0.4) is 0 Å². The van der Waals surface area contributed by atoms with Gasteiger partial charge in [0.1, 0.15) is 10.9 Å². The fourth-order valence-corrected chi connectivity index (χ4v) is 2.56. The van der Waals surface area contributed by atoms with Crippen molar-refractivity contribution in [3.8, 4) is 0 Å². The lowest BCUT2D eigenvalue weighted by Gasteiger charge is -2.13.